The Labute approximate surface area is 124 Å². The van der Waals surface area contributed by atoms with Gasteiger partial charge in [-0.3, -0.25) is 0 Å². The molecule has 1 aliphatic rings. The number of aliphatic imine (C=N–C) groups is 1. The van der Waals surface area contributed by atoms with Crippen LogP contribution in [0.4, 0.5) is 0 Å². The first-order valence-electron chi connectivity index (χ1n) is 6.12. The van der Waals surface area contributed by atoms with Gasteiger partial charge in [0.05, 0.1) is 0 Å². The number of hydrogen-bond donors (Lipinski definition) is 1. The van der Waals surface area contributed by atoms with Crippen LogP contribution in [0.15, 0.2) is 9.52 Å². The van der Waals surface area contributed by atoms with E-state index in [-0.39, 0.29) is 24.0 Å². The van der Waals surface area contributed by atoms with E-state index >= 15 is 0 Å². The summed E-state index contributed by atoms with van der Waals surface area (Å²) in [6.07, 6.45) is 2.32. The molecular weight excluding hydrogens is 345 g/mol. The van der Waals surface area contributed by atoms with Gasteiger partial charge in [-0.25, -0.2) is 4.99 Å². The fourth-order valence-corrected chi connectivity index (χ4v) is 1.63. The smallest absolute Gasteiger partial charge is 0.229 e. The predicted octanol–water partition coefficient (Wildman–Crippen LogP) is 1.72. The molecule has 1 saturated carbocycles. The maximum Gasteiger partial charge on any atom is 0.229 e. The Morgan fingerprint density at radius 3 is 2.67 bits per heavy atom. The molecule has 0 amide bonds. The van der Waals surface area contributed by atoms with Gasteiger partial charge in [-0.2, -0.15) is 4.98 Å². The SMILES string of the molecule is CCN(CC)C(N)=NCc1noc(C2CC2)n1.I. The summed E-state index contributed by atoms with van der Waals surface area (Å²) in [6.45, 7) is 6.19. The summed E-state index contributed by atoms with van der Waals surface area (Å²) in [4.78, 5) is 10.5. The molecule has 0 unspecified atom stereocenters. The molecule has 1 aromatic heterocycles. The topological polar surface area (TPSA) is 80.5 Å². The van der Waals surface area contributed by atoms with Crippen molar-refractivity contribution in [1.29, 1.82) is 0 Å². The second-order valence-corrected chi connectivity index (χ2v) is 4.17. The summed E-state index contributed by atoms with van der Waals surface area (Å²) in [5, 5.41) is 3.89. The number of rotatable bonds is 5. The number of nitrogens with zero attached hydrogens (tertiary/aromatic N) is 4. The molecular formula is C11H20IN5O. The summed E-state index contributed by atoms with van der Waals surface area (Å²) in [5.74, 6) is 2.38. The quantitative estimate of drug-likeness (QED) is 0.488. The van der Waals surface area contributed by atoms with Gasteiger partial charge in [-0.1, -0.05) is 5.16 Å². The molecule has 18 heavy (non-hydrogen) atoms. The maximum atomic E-state index is 5.86. The summed E-state index contributed by atoms with van der Waals surface area (Å²) in [7, 11) is 0. The van der Waals surface area contributed by atoms with Crippen LogP contribution in [0.2, 0.25) is 0 Å². The molecule has 6 nitrogen and oxygen atoms in total. The standard InChI is InChI=1S/C11H19N5O.HI/c1-3-16(4-2)11(12)13-7-9-14-10(17-15-9)8-5-6-8;/h8H,3-7H2,1-2H3,(H2,12,13);1H. The highest BCUT2D eigenvalue weighted by Crippen LogP contribution is 2.38. The second-order valence-electron chi connectivity index (χ2n) is 4.17. The Morgan fingerprint density at radius 1 is 1.44 bits per heavy atom. The fourth-order valence-electron chi connectivity index (χ4n) is 1.63. The van der Waals surface area contributed by atoms with Gasteiger partial charge in [0.25, 0.3) is 0 Å². The van der Waals surface area contributed by atoms with E-state index < -0.39 is 0 Å². The average Bonchev–Trinajstić information content (AvgIpc) is 3.08. The minimum atomic E-state index is 0. The molecule has 2 N–H and O–H groups in total. The van der Waals surface area contributed by atoms with Crippen LogP contribution in [-0.2, 0) is 6.54 Å². The van der Waals surface area contributed by atoms with Gasteiger partial charge < -0.3 is 15.2 Å². The molecule has 102 valence electrons. The van der Waals surface area contributed by atoms with E-state index in [9.17, 15) is 0 Å². The molecule has 0 saturated heterocycles. The third-order valence-electron chi connectivity index (χ3n) is 2.88. The maximum absolute atomic E-state index is 5.86. The molecule has 0 atom stereocenters. The lowest BCUT2D eigenvalue weighted by molar-refractivity contribution is 0.374. The van der Waals surface area contributed by atoms with E-state index in [1.807, 2.05) is 18.7 Å². The van der Waals surface area contributed by atoms with Crippen molar-refractivity contribution in [3.8, 4) is 0 Å². The highest BCUT2D eigenvalue weighted by Gasteiger charge is 2.29. The molecule has 2 rings (SSSR count). The van der Waals surface area contributed by atoms with Crippen LogP contribution >= 0.6 is 24.0 Å². The van der Waals surface area contributed by atoms with Gasteiger partial charge in [-0.15, -0.1) is 24.0 Å². The lowest BCUT2D eigenvalue weighted by Gasteiger charge is -2.18. The minimum Gasteiger partial charge on any atom is -0.370 e. The molecule has 1 aliphatic carbocycles. The third-order valence-corrected chi connectivity index (χ3v) is 2.88. The predicted molar refractivity (Wildman–Crippen MR) is 79.9 cm³/mol. The largest absolute Gasteiger partial charge is 0.370 e. The molecule has 1 heterocycles. The summed E-state index contributed by atoms with van der Waals surface area (Å²) >= 11 is 0. The zero-order chi connectivity index (χ0) is 12.3. The van der Waals surface area contributed by atoms with Crippen LogP contribution in [0.3, 0.4) is 0 Å². The van der Waals surface area contributed by atoms with E-state index in [0.29, 0.717) is 24.2 Å². The van der Waals surface area contributed by atoms with Crippen molar-refractivity contribution in [3.63, 3.8) is 0 Å². The van der Waals surface area contributed by atoms with Crippen molar-refractivity contribution in [3.05, 3.63) is 11.7 Å². The molecule has 0 aliphatic heterocycles. The van der Waals surface area contributed by atoms with Crippen LogP contribution in [0.1, 0.15) is 44.3 Å². The Bertz CT molecular complexity index is 398. The molecule has 1 aromatic rings. The molecule has 0 bridgehead atoms. The van der Waals surface area contributed by atoms with E-state index in [0.717, 1.165) is 31.8 Å². The van der Waals surface area contributed by atoms with Crippen molar-refractivity contribution in [2.45, 2.75) is 39.2 Å². The van der Waals surface area contributed by atoms with E-state index in [1.54, 1.807) is 0 Å². The first-order valence-corrected chi connectivity index (χ1v) is 6.12. The average molecular weight is 365 g/mol. The molecule has 7 heteroatoms. The van der Waals surface area contributed by atoms with E-state index in [4.69, 9.17) is 10.3 Å². The molecule has 0 radical (unpaired) electrons. The second kappa shape index (κ2) is 6.91. The highest BCUT2D eigenvalue weighted by atomic mass is 127. The molecule has 1 fully saturated rings. The number of hydrogen-bond acceptors (Lipinski definition) is 4. The van der Waals surface area contributed by atoms with Crippen LogP contribution < -0.4 is 5.73 Å². The Hall–Kier alpha value is -0.860. The van der Waals surface area contributed by atoms with Gasteiger partial charge in [0.2, 0.25) is 5.89 Å². The van der Waals surface area contributed by atoms with Crippen LogP contribution in [-0.4, -0.2) is 34.1 Å². The number of guanidine groups is 1. The lowest BCUT2D eigenvalue weighted by Crippen LogP contribution is -2.37. The number of aromatic nitrogens is 2. The monoisotopic (exact) mass is 365 g/mol. The van der Waals surface area contributed by atoms with Crippen LogP contribution in [0, 0.1) is 0 Å². The zero-order valence-corrected chi connectivity index (χ0v) is 13.1. The fraction of sp³-hybridized carbons (Fsp3) is 0.727. The van der Waals surface area contributed by atoms with Crippen molar-refractivity contribution in [2.75, 3.05) is 13.1 Å². The van der Waals surface area contributed by atoms with Gasteiger partial charge >= 0.3 is 0 Å². The molecule has 0 spiro atoms. The number of halogens is 1. The zero-order valence-electron chi connectivity index (χ0n) is 10.8. The van der Waals surface area contributed by atoms with Gasteiger partial charge in [0.15, 0.2) is 11.8 Å². The Morgan fingerprint density at radius 2 is 2.11 bits per heavy atom. The van der Waals surface area contributed by atoms with Crippen molar-refractivity contribution in [1.82, 2.24) is 15.0 Å². The molecule has 0 aromatic carbocycles. The van der Waals surface area contributed by atoms with Gasteiger partial charge in [-0.05, 0) is 26.7 Å². The van der Waals surface area contributed by atoms with Gasteiger partial charge in [0, 0.05) is 19.0 Å². The third kappa shape index (κ3) is 3.82. The normalized spacial score (nSPS) is 15.3. The van der Waals surface area contributed by atoms with Crippen molar-refractivity contribution >= 4 is 29.9 Å². The minimum absolute atomic E-state index is 0. The first kappa shape index (κ1) is 15.2. The van der Waals surface area contributed by atoms with Gasteiger partial charge in [0.1, 0.15) is 6.54 Å². The summed E-state index contributed by atoms with van der Waals surface area (Å²) in [6, 6.07) is 0. The van der Waals surface area contributed by atoms with Crippen molar-refractivity contribution in [2.24, 2.45) is 10.7 Å². The van der Waals surface area contributed by atoms with Crippen LogP contribution in [0.5, 0.6) is 0 Å². The highest BCUT2D eigenvalue weighted by molar-refractivity contribution is 14.0. The first-order chi connectivity index (χ1) is 8.24. The lowest BCUT2D eigenvalue weighted by atomic mass is 10.4. The van der Waals surface area contributed by atoms with E-state index in [2.05, 4.69) is 15.1 Å². The van der Waals surface area contributed by atoms with E-state index in [1.165, 1.54) is 0 Å². The van der Waals surface area contributed by atoms with Crippen molar-refractivity contribution < 1.29 is 4.52 Å². The Balaban J connectivity index is 0.00000162. The summed E-state index contributed by atoms with van der Waals surface area (Å²) < 4.78 is 5.15. The summed E-state index contributed by atoms with van der Waals surface area (Å²) in [5.41, 5.74) is 5.86. The Kier molecular flexibility index (Phi) is 5.83. The number of nitrogens with two attached hydrogens (primary N) is 1. The van der Waals surface area contributed by atoms with Crippen LogP contribution in [0.25, 0.3) is 0 Å².